The molecule has 168 valence electrons. The van der Waals surface area contributed by atoms with Crippen LogP contribution in [0.2, 0.25) is 10.0 Å². The summed E-state index contributed by atoms with van der Waals surface area (Å²) < 4.78 is 11.9. The van der Waals surface area contributed by atoms with Gasteiger partial charge in [-0.2, -0.15) is 5.10 Å². The SMILES string of the molecule is CCOC(=O)c1c(COC(C)=O)nn2c(-c3ccc(Cl)cc3)c(-c3ccccc3Cl)cnc12. The highest BCUT2D eigenvalue weighted by Gasteiger charge is 2.26. The van der Waals surface area contributed by atoms with Crippen molar-refractivity contribution < 1.29 is 19.1 Å². The van der Waals surface area contributed by atoms with Gasteiger partial charge in [-0.1, -0.05) is 53.5 Å². The van der Waals surface area contributed by atoms with Gasteiger partial charge in [-0.25, -0.2) is 14.3 Å². The Morgan fingerprint density at radius 2 is 1.73 bits per heavy atom. The first-order valence-electron chi connectivity index (χ1n) is 10.1. The maximum atomic E-state index is 12.8. The largest absolute Gasteiger partial charge is 0.462 e. The molecule has 0 amide bonds. The summed E-state index contributed by atoms with van der Waals surface area (Å²) in [5, 5.41) is 5.71. The molecule has 33 heavy (non-hydrogen) atoms. The third kappa shape index (κ3) is 4.55. The second kappa shape index (κ2) is 9.60. The van der Waals surface area contributed by atoms with E-state index in [0.717, 1.165) is 11.1 Å². The number of aromatic nitrogens is 3. The van der Waals surface area contributed by atoms with Crippen molar-refractivity contribution >= 4 is 40.8 Å². The Balaban J connectivity index is 2.05. The molecule has 0 saturated carbocycles. The molecule has 0 unspecified atom stereocenters. The first-order chi connectivity index (χ1) is 15.9. The quantitative estimate of drug-likeness (QED) is 0.331. The molecule has 7 nitrogen and oxygen atoms in total. The van der Waals surface area contributed by atoms with Crippen LogP contribution in [-0.4, -0.2) is 33.1 Å². The number of carbonyl (C=O) groups excluding carboxylic acids is 2. The maximum Gasteiger partial charge on any atom is 0.344 e. The van der Waals surface area contributed by atoms with Gasteiger partial charge in [0.25, 0.3) is 0 Å². The number of esters is 2. The minimum absolute atomic E-state index is 0.138. The first-order valence-corrected chi connectivity index (χ1v) is 10.9. The van der Waals surface area contributed by atoms with E-state index in [1.54, 1.807) is 35.8 Å². The van der Waals surface area contributed by atoms with Crippen molar-refractivity contribution in [3.8, 4) is 22.4 Å². The number of halogens is 2. The molecular weight excluding hydrogens is 465 g/mol. The summed E-state index contributed by atoms with van der Waals surface area (Å²) in [6.45, 7) is 2.96. The average molecular weight is 484 g/mol. The van der Waals surface area contributed by atoms with Crippen LogP contribution >= 0.6 is 23.2 Å². The van der Waals surface area contributed by atoms with Gasteiger partial charge in [0.2, 0.25) is 0 Å². The second-order valence-electron chi connectivity index (χ2n) is 7.07. The lowest BCUT2D eigenvalue weighted by atomic mass is 10.0. The molecule has 0 fully saturated rings. The average Bonchev–Trinajstić information content (AvgIpc) is 3.17. The fourth-order valence-electron chi connectivity index (χ4n) is 3.47. The molecule has 0 N–H and O–H groups in total. The highest BCUT2D eigenvalue weighted by molar-refractivity contribution is 6.33. The van der Waals surface area contributed by atoms with Gasteiger partial charge in [-0.05, 0) is 25.1 Å². The lowest BCUT2D eigenvalue weighted by Gasteiger charge is -2.13. The zero-order chi connectivity index (χ0) is 23.5. The van der Waals surface area contributed by atoms with E-state index < -0.39 is 11.9 Å². The molecular formula is C24H19Cl2N3O4. The molecule has 0 aliphatic rings. The van der Waals surface area contributed by atoms with Gasteiger partial charge in [0, 0.05) is 39.9 Å². The number of ether oxygens (including phenoxy) is 2. The topological polar surface area (TPSA) is 82.8 Å². The lowest BCUT2D eigenvalue weighted by Crippen LogP contribution is -2.09. The predicted molar refractivity (Wildman–Crippen MR) is 125 cm³/mol. The van der Waals surface area contributed by atoms with Crippen LogP contribution in [0.3, 0.4) is 0 Å². The molecule has 0 bridgehead atoms. The number of fused-ring (bicyclic) bond motifs is 1. The van der Waals surface area contributed by atoms with E-state index in [1.165, 1.54) is 6.92 Å². The Labute approximate surface area is 199 Å². The molecule has 0 aliphatic carbocycles. The normalized spacial score (nSPS) is 10.9. The highest BCUT2D eigenvalue weighted by Crippen LogP contribution is 2.37. The van der Waals surface area contributed by atoms with Gasteiger partial charge < -0.3 is 9.47 Å². The Morgan fingerprint density at radius 3 is 2.39 bits per heavy atom. The Bertz CT molecular complexity index is 1350. The zero-order valence-electron chi connectivity index (χ0n) is 17.8. The van der Waals surface area contributed by atoms with Crippen LogP contribution < -0.4 is 0 Å². The van der Waals surface area contributed by atoms with Crippen molar-refractivity contribution in [1.82, 2.24) is 14.6 Å². The van der Waals surface area contributed by atoms with Crippen LogP contribution in [0.1, 0.15) is 29.9 Å². The van der Waals surface area contributed by atoms with Crippen molar-refractivity contribution in [2.45, 2.75) is 20.5 Å². The lowest BCUT2D eigenvalue weighted by molar-refractivity contribution is -0.142. The Morgan fingerprint density at radius 1 is 1.00 bits per heavy atom. The molecule has 2 aromatic heterocycles. The Kier molecular flexibility index (Phi) is 6.62. The van der Waals surface area contributed by atoms with Gasteiger partial charge in [0.05, 0.1) is 12.3 Å². The summed E-state index contributed by atoms with van der Waals surface area (Å²) in [7, 11) is 0. The van der Waals surface area contributed by atoms with Crippen LogP contribution in [0.15, 0.2) is 54.7 Å². The van der Waals surface area contributed by atoms with Crippen LogP contribution in [0, 0.1) is 0 Å². The maximum absolute atomic E-state index is 12.8. The van der Waals surface area contributed by atoms with Gasteiger partial charge in [0.15, 0.2) is 5.65 Å². The molecule has 0 radical (unpaired) electrons. The Hall–Kier alpha value is -3.42. The van der Waals surface area contributed by atoms with E-state index in [9.17, 15) is 9.59 Å². The fourth-order valence-corrected chi connectivity index (χ4v) is 3.84. The van der Waals surface area contributed by atoms with Crippen LogP contribution in [0.5, 0.6) is 0 Å². The number of rotatable bonds is 6. The minimum atomic E-state index is -0.602. The monoisotopic (exact) mass is 483 g/mol. The van der Waals surface area contributed by atoms with E-state index in [4.69, 9.17) is 32.7 Å². The first kappa shape index (κ1) is 22.8. The van der Waals surface area contributed by atoms with Gasteiger partial charge in [-0.15, -0.1) is 0 Å². The standard InChI is InChI=1S/C24H19Cl2N3O4/c1-3-32-24(31)21-20(13-33-14(2)30)28-29-22(15-8-10-16(25)11-9-15)18(12-27-23(21)29)17-6-4-5-7-19(17)26/h4-12H,3,13H2,1-2H3. The molecule has 4 rings (SSSR count). The van der Waals surface area contributed by atoms with E-state index in [1.807, 2.05) is 30.3 Å². The predicted octanol–water partition coefficient (Wildman–Crippen LogP) is 5.61. The molecule has 4 aromatic rings. The van der Waals surface area contributed by atoms with Crippen molar-refractivity contribution in [2.24, 2.45) is 0 Å². The zero-order valence-corrected chi connectivity index (χ0v) is 19.4. The number of benzene rings is 2. The van der Waals surface area contributed by atoms with Crippen molar-refractivity contribution in [3.63, 3.8) is 0 Å². The summed E-state index contributed by atoms with van der Waals surface area (Å²) in [6, 6.07) is 14.6. The van der Waals surface area contributed by atoms with Crippen molar-refractivity contribution in [3.05, 3.63) is 76.0 Å². The van der Waals surface area contributed by atoms with E-state index in [0.29, 0.717) is 21.3 Å². The van der Waals surface area contributed by atoms with Gasteiger partial charge in [0.1, 0.15) is 17.9 Å². The van der Waals surface area contributed by atoms with Crippen LogP contribution in [0.25, 0.3) is 28.0 Å². The second-order valence-corrected chi connectivity index (χ2v) is 7.91. The van der Waals surface area contributed by atoms with Crippen LogP contribution in [-0.2, 0) is 20.9 Å². The molecule has 0 aliphatic heterocycles. The number of hydrogen-bond acceptors (Lipinski definition) is 6. The van der Waals surface area contributed by atoms with Gasteiger partial charge in [-0.3, -0.25) is 4.79 Å². The summed E-state index contributed by atoms with van der Waals surface area (Å²) in [6.07, 6.45) is 1.64. The summed E-state index contributed by atoms with van der Waals surface area (Å²) >= 11 is 12.6. The summed E-state index contributed by atoms with van der Waals surface area (Å²) in [5.41, 5.74) is 3.52. The fraction of sp³-hybridized carbons (Fsp3) is 0.167. The number of carbonyl (C=O) groups is 2. The highest BCUT2D eigenvalue weighted by atomic mass is 35.5. The minimum Gasteiger partial charge on any atom is -0.462 e. The smallest absolute Gasteiger partial charge is 0.344 e. The number of nitrogens with zero attached hydrogens (tertiary/aromatic N) is 3. The summed E-state index contributed by atoms with van der Waals surface area (Å²) in [5.74, 6) is -1.10. The molecule has 2 heterocycles. The third-order valence-electron chi connectivity index (χ3n) is 4.89. The molecule has 9 heteroatoms. The molecule has 0 atom stereocenters. The molecule has 2 aromatic carbocycles. The molecule has 0 spiro atoms. The van der Waals surface area contributed by atoms with E-state index in [2.05, 4.69) is 10.1 Å². The van der Waals surface area contributed by atoms with E-state index in [-0.39, 0.29) is 30.1 Å². The van der Waals surface area contributed by atoms with Crippen molar-refractivity contribution in [2.75, 3.05) is 6.61 Å². The van der Waals surface area contributed by atoms with Crippen LogP contribution in [0.4, 0.5) is 0 Å². The number of hydrogen-bond donors (Lipinski definition) is 0. The van der Waals surface area contributed by atoms with Crippen molar-refractivity contribution in [1.29, 1.82) is 0 Å². The summed E-state index contributed by atoms with van der Waals surface area (Å²) in [4.78, 5) is 28.7. The third-order valence-corrected chi connectivity index (χ3v) is 5.47. The van der Waals surface area contributed by atoms with Gasteiger partial charge >= 0.3 is 11.9 Å². The van der Waals surface area contributed by atoms with E-state index >= 15 is 0 Å². The molecule has 0 saturated heterocycles.